The number of hydrogen-bond acceptors (Lipinski definition) is 3. The van der Waals surface area contributed by atoms with Crippen molar-refractivity contribution in [3.8, 4) is 0 Å². The van der Waals surface area contributed by atoms with Crippen molar-refractivity contribution in [2.45, 2.75) is 39.4 Å². The average Bonchev–Trinajstić information content (AvgIpc) is 2.35. The summed E-state index contributed by atoms with van der Waals surface area (Å²) in [6.07, 6.45) is -1.30. The van der Waals surface area contributed by atoms with Crippen LogP contribution >= 0.6 is 0 Å². The molecule has 2 atom stereocenters. The third-order valence-electron chi connectivity index (χ3n) is 3.08. The van der Waals surface area contributed by atoms with E-state index in [9.17, 15) is 15.0 Å². The first kappa shape index (κ1) is 15.7. The molecule has 0 aliphatic carbocycles. The number of carbonyl (C=O) groups is 1. The minimum atomic E-state index is -0.722. The fourth-order valence-corrected chi connectivity index (χ4v) is 1.70. The Labute approximate surface area is 114 Å². The van der Waals surface area contributed by atoms with Gasteiger partial charge in [0.05, 0.1) is 18.6 Å². The van der Waals surface area contributed by atoms with E-state index in [1.807, 2.05) is 45.0 Å². The summed E-state index contributed by atoms with van der Waals surface area (Å²) in [7, 11) is 0. The Morgan fingerprint density at radius 2 is 2.00 bits per heavy atom. The highest BCUT2D eigenvalue weighted by molar-refractivity contribution is 5.76. The van der Waals surface area contributed by atoms with E-state index in [1.165, 1.54) is 0 Å². The van der Waals surface area contributed by atoms with E-state index in [4.69, 9.17) is 0 Å². The Morgan fingerprint density at radius 1 is 1.32 bits per heavy atom. The maximum atomic E-state index is 11.6. The van der Waals surface area contributed by atoms with Crippen LogP contribution in [0.15, 0.2) is 24.3 Å². The lowest BCUT2D eigenvalue weighted by molar-refractivity contribution is -0.124. The van der Waals surface area contributed by atoms with Crippen molar-refractivity contribution in [3.63, 3.8) is 0 Å². The second-order valence-electron chi connectivity index (χ2n) is 5.25. The molecule has 1 aromatic carbocycles. The summed E-state index contributed by atoms with van der Waals surface area (Å²) >= 11 is 0. The molecule has 1 amide bonds. The molecule has 0 saturated heterocycles. The molecule has 3 N–H and O–H groups in total. The monoisotopic (exact) mass is 265 g/mol. The van der Waals surface area contributed by atoms with Crippen molar-refractivity contribution < 1.29 is 15.0 Å². The van der Waals surface area contributed by atoms with Crippen LogP contribution in [0.2, 0.25) is 0 Å². The topological polar surface area (TPSA) is 69.6 Å². The van der Waals surface area contributed by atoms with E-state index < -0.39 is 12.2 Å². The van der Waals surface area contributed by atoms with Gasteiger partial charge in [-0.15, -0.1) is 0 Å². The van der Waals surface area contributed by atoms with Gasteiger partial charge in [-0.05, 0) is 18.4 Å². The molecule has 1 rings (SSSR count). The van der Waals surface area contributed by atoms with Crippen LogP contribution in [0.1, 0.15) is 37.5 Å². The Morgan fingerprint density at radius 3 is 2.58 bits per heavy atom. The molecule has 106 valence electrons. The fraction of sp³-hybridized carbons (Fsp3) is 0.533. The Bertz CT molecular complexity index is 418. The van der Waals surface area contributed by atoms with Gasteiger partial charge in [-0.3, -0.25) is 4.79 Å². The minimum absolute atomic E-state index is 0.0486. The molecule has 0 aliphatic heterocycles. The third kappa shape index (κ3) is 5.41. The number of rotatable bonds is 6. The first-order valence-corrected chi connectivity index (χ1v) is 6.59. The van der Waals surface area contributed by atoms with Crippen LogP contribution in [0.4, 0.5) is 0 Å². The van der Waals surface area contributed by atoms with Crippen LogP contribution in [-0.4, -0.2) is 28.8 Å². The molecular weight excluding hydrogens is 242 g/mol. The molecule has 2 unspecified atom stereocenters. The van der Waals surface area contributed by atoms with Gasteiger partial charge in [0.1, 0.15) is 0 Å². The van der Waals surface area contributed by atoms with Crippen LogP contribution in [-0.2, 0) is 4.79 Å². The van der Waals surface area contributed by atoms with E-state index in [-0.39, 0.29) is 24.8 Å². The molecule has 19 heavy (non-hydrogen) atoms. The first-order valence-electron chi connectivity index (χ1n) is 6.59. The predicted octanol–water partition coefficient (Wildman–Crippen LogP) is 1.55. The zero-order chi connectivity index (χ0) is 14.4. The lowest BCUT2D eigenvalue weighted by Gasteiger charge is -2.16. The lowest BCUT2D eigenvalue weighted by Crippen LogP contribution is -2.32. The molecule has 0 spiro atoms. The maximum Gasteiger partial charge on any atom is 0.222 e. The van der Waals surface area contributed by atoms with Crippen molar-refractivity contribution in [1.29, 1.82) is 0 Å². The molecule has 0 fully saturated rings. The summed E-state index contributed by atoms with van der Waals surface area (Å²) in [5, 5.41) is 22.2. The number of amides is 1. The number of benzene rings is 1. The smallest absolute Gasteiger partial charge is 0.222 e. The maximum absolute atomic E-state index is 11.6. The number of nitrogens with one attached hydrogen (secondary N) is 1. The third-order valence-corrected chi connectivity index (χ3v) is 3.08. The van der Waals surface area contributed by atoms with E-state index in [0.717, 1.165) is 11.1 Å². The zero-order valence-electron chi connectivity index (χ0n) is 11.8. The van der Waals surface area contributed by atoms with E-state index in [2.05, 4.69) is 5.32 Å². The van der Waals surface area contributed by atoms with Crippen molar-refractivity contribution in [1.82, 2.24) is 5.32 Å². The second-order valence-corrected chi connectivity index (χ2v) is 5.25. The standard InChI is InChI=1S/C15H23NO3/c1-10(2)13(17)8-15(19)16-9-14(18)12-6-4-5-11(3)7-12/h4-7,10,13-14,17-18H,8-9H2,1-3H3,(H,16,19). The van der Waals surface area contributed by atoms with Crippen LogP contribution in [0, 0.1) is 12.8 Å². The summed E-state index contributed by atoms with van der Waals surface area (Å²) in [5.74, 6) is -0.194. The molecule has 4 nitrogen and oxygen atoms in total. The van der Waals surface area contributed by atoms with Crippen LogP contribution in [0.5, 0.6) is 0 Å². The number of aliphatic hydroxyl groups is 2. The normalized spacial score (nSPS) is 14.2. The van der Waals surface area contributed by atoms with Gasteiger partial charge in [0, 0.05) is 6.54 Å². The number of carbonyl (C=O) groups excluding carboxylic acids is 1. The largest absolute Gasteiger partial charge is 0.392 e. The molecule has 0 aliphatic rings. The summed E-state index contributed by atoms with van der Waals surface area (Å²) in [4.78, 5) is 11.6. The van der Waals surface area contributed by atoms with Crippen LogP contribution < -0.4 is 5.32 Å². The molecule has 1 aromatic rings. The van der Waals surface area contributed by atoms with Gasteiger partial charge in [-0.2, -0.15) is 0 Å². The molecular formula is C15H23NO3. The van der Waals surface area contributed by atoms with Gasteiger partial charge in [-0.25, -0.2) is 0 Å². The Balaban J connectivity index is 2.42. The molecule has 0 heterocycles. The lowest BCUT2D eigenvalue weighted by atomic mass is 10.0. The summed E-state index contributed by atoms with van der Waals surface area (Å²) in [6.45, 7) is 5.83. The van der Waals surface area contributed by atoms with Crippen LogP contribution in [0.25, 0.3) is 0 Å². The minimum Gasteiger partial charge on any atom is -0.392 e. The quantitative estimate of drug-likeness (QED) is 0.731. The number of hydrogen-bond donors (Lipinski definition) is 3. The summed E-state index contributed by atoms with van der Waals surface area (Å²) in [5.41, 5.74) is 1.85. The van der Waals surface area contributed by atoms with E-state index in [1.54, 1.807) is 0 Å². The summed E-state index contributed by atoms with van der Waals surface area (Å²) < 4.78 is 0. The van der Waals surface area contributed by atoms with Gasteiger partial charge in [0.25, 0.3) is 0 Å². The SMILES string of the molecule is Cc1cccc(C(O)CNC(=O)CC(O)C(C)C)c1. The van der Waals surface area contributed by atoms with Gasteiger partial charge in [0.15, 0.2) is 0 Å². The highest BCUT2D eigenvalue weighted by Crippen LogP contribution is 2.13. The molecule has 0 radical (unpaired) electrons. The first-order chi connectivity index (χ1) is 8.90. The van der Waals surface area contributed by atoms with Crippen molar-refractivity contribution in [2.75, 3.05) is 6.54 Å². The van der Waals surface area contributed by atoms with Gasteiger partial charge in [-0.1, -0.05) is 43.7 Å². The molecule has 0 aromatic heterocycles. The molecule has 0 saturated carbocycles. The van der Waals surface area contributed by atoms with Crippen molar-refractivity contribution in [3.05, 3.63) is 35.4 Å². The molecule has 4 heteroatoms. The highest BCUT2D eigenvalue weighted by Gasteiger charge is 2.15. The molecule has 0 bridgehead atoms. The average molecular weight is 265 g/mol. The van der Waals surface area contributed by atoms with Gasteiger partial charge in [0.2, 0.25) is 5.91 Å². The van der Waals surface area contributed by atoms with Crippen molar-refractivity contribution in [2.24, 2.45) is 5.92 Å². The van der Waals surface area contributed by atoms with E-state index >= 15 is 0 Å². The van der Waals surface area contributed by atoms with E-state index in [0.29, 0.717) is 0 Å². The van der Waals surface area contributed by atoms with Gasteiger partial charge < -0.3 is 15.5 Å². The second kappa shape index (κ2) is 7.26. The van der Waals surface area contributed by atoms with Crippen LogP contribution in [0.3, 0.4) is 0 Å². The Kier molecular flexibility index (Phi) is 5.99. The highest BCUT2D eigenvalue weighted by atomic mass is 16.3. The Hall–Kier alpha value is -1.39. The van der Waals surface area contributed by atoms with Gasteiger partial charge >= 0.3 is 0 Å². The van der Waals surface area contributed by atoms with Crippen molar-refractivity contribution >= 4 is 5.91 Å². The summed E-state index contributed by atoms with van der Waals surface area (Å²) in [6, 6.07) is 7.54. The number of aliphatic hydroxyl groups excluding tert-OH is 2. The zero-order valence-corrected chi connectivity index (χ0v) is 11.8. The fourth-order valence-electron chi connectivity index (χ4n) is 1.70. The number of aryl methyl sites for hydroxylation is 1. The predicted molar refractivity (Wildman–Crippen MR) is 74.6 cm³/mol.